The molecule has 1 aromatic heterocycles. The van der Waals surface area contributed by atoms with Crippen LogP contribution in [0, 0.1) is 13.8 Å². The third-order valence-electron chi connectivity index (χ3n) is 4.14. The molecule has 22 heavy (non-hydrogen) atoms. The number of anilines is 2. The van der Waals surface area contributed by atoms with Crippen molar-refractivity contribution in [1.82, 2.24) is 5.16 Å². The van der Waals surface area contributed by atoms with E-state index < -0.39 is 5.92 Å². The number of aromatic nitrogens is 1. The number of aryl methyl sites for hydroxylation is 2. The molecule has 2 aromatic rings. The Labute approximate surface area is 127 Å². The van der Waals surface area contributed by atoms with Crippen molar-refractivity contribution in [3.63, 3.8) is 0 Å². The molecule has 1 aliphatic carbocycles. The molecule has 6 heteroatoms. The van der Waals surface area contributed by atoms with E-state index in [9.17, 15) is 8.78 Å². The normalized spacial score (nSPS) is 20.3. The summed E-state index contributed by atoms with van der Waals surface area (Å²) in [4.78, 5) is 0. The summed E-state index contributed by atoms with van der Waals surface area (Å²) in [6.45, 7) is 3.72. The van der Waals surface area contributed by atoms with Gasteiger partial charge in [-0.3, -0.25) is 0 Å². The molecule has 1 aliphatic rings. The molecule has 3 rings (SSSR count). The molecule has 1 saturated carbocycles. The van der Waals surface area contributed by atoms with Gasteiger partial charge in [0.05, 0.1) is 17.1 Å². The third kappa shape index (κ3) is 2.77. The van der Waals surface area contributed by atoms with Gasteiger partial charge in [-0.15, -0.1) is 0 Å². The molecule has 118 valence electrons. The molecule has 1 fully saturated rings. The standard InChI is InChI=1S/C16H19F2N3O/c1-9-15(10(2)22-21-9)11-3-4-14(13(19)7-11)20-12-5-6-16(17,18)8-12/h3-4,7,12,20H,5-6,8,19H2,1-2H3/t12-/m1/s1. The molecule has 1 heterocycles. The number of benzene rings is 1. The molecular weight excluding hydrogens is 288 g/mol. The number of alkyl halides is 2. The van der Waals surface area contributed by atoms with E-state index in [0.717, 1.165) is 22.6 Å². The predicted octanol–water partition coefficient (Wildman–Crippen LogP) is 4.14. The quantitative estimate of drug-likeness (QED) is 0.836. The molecule has 1 atom stereocenters. The van der Waals surface area contributed by atoms with Gasteiger partial charge in [0.2, 0.25) is 5.92 Å². The van der Waals surface area contributed by atoms with Crippen molar-refractivity contribution in [2.45, 2.75) is 45.1 Å². The van der Waals surface area contributed by atoms with Gasteiger partial charge in [0, 0.05) is 24.4 Å². The van der Waals surface area contributed by atoms with Crippen molar-refractivity contribution in [1.29, 1.82) is 0 Å². The highest BCUT2D eigenvalue weighted by molar-refractivity contribution is 5.77. The van der Waals surface area contributed by atoms with Crippen LogP contribution in [0.5, 0.6) is 0 Å². The number of halogens is 2. The molecule has 0 amide bonds. The Morgan fingerprint density at radius 2 is 2.14 bits per heavy atom. The number of rotatable bonds is 3. The lowest BCUT2D eigenvalue weighted by atomic mass is 10.0. The maximum atomic E-state index is 13.2. The molecule has 4 nitrogen and oxygen atoms in total. The molecule has 1 aromatic carbocycles. The summed E-state index contributed by atoms with van der Waals surface area (Å²) in [5.41, 5.74) is 9.93. The van der Waals surface area contributed by atoms with Crippen LogP contribution in [0.4, 0.5) is 20.2 Å². The summed E-state index contributed by atoms with van der Waals surface area (Å²) in [5, 5.41) is 7.05. The zero-order valence-electron chi connectivity index (χ0n) is 12.6. The SMILES string of the molecule is Cc1noc(C)c1-c1ccc(N[C@@H]2CCC(F)(F)C2)c(N)c1. The number of nitrogen functional groups attached to an aromatic ring is 1. The van der Waals surface area contributed by atoms with Gasteiger partial charge in [-0.05, 0) is 38.0 Å². The number of hydrogen-bond acceptors (Lipinski definition) is 4. The van der Waals surface area contributed by atoms with Crippen LogP contribution in [-0.2, 0) is 0 Å². The Morgan fingerprint density at radius 3 is 2.68 bits per heavy atom. The largest absolute Gasteiger partial charge is 0.397 e. The summed E-state index contributed by atoms with van der Waals surface area (Å²) in [5.74, 6) is -1.84. The van der Waals surface area contributed by atoms with E-state index in [1.807, 2.05) is 32.0 Å². The van der Waals surface area contributed by atoms with Crippen LogP contribution in [0.2, 0.25) is 0 Å². The second-order valence-corrected chi connectivity index (χ2v) is 5.94. The van der Waals surface area contributed by atoms with E-state index in [0.29, 0.717) is 17.8 Å². The molecular formula is C16H19F2N3O. The van der Waals surface area contributed by atoms with E-state index in [1.54, 1.807) is 0 Å². The van der Waals surface area contributed by atoms with Crippen molar-refractivity contribution >= 4 is 11.4 Å². The van der Waals surface area contributed by atoms with Crippen molar-refractivity contribution < 1.29 is 13.3 Å². The van der Waals surface area contributed by atoms with Crippen LogP contribution >= 0.6 is 0 Å². The first-order valence-corrected chi connectivity index (χ1v) is 7.33. The number of nitrogens with two attached hydrogens (primary N) is 1. The van der Waals surface area contributed by atoms with Crippen molar-refractivity contribution in [2.24, 2.45) is 0 Å². The van der Waals surface area contributed by atoms with Gasteiger partial charge >= 0.3 is 0 Å². The number of nitrogens with zero attached hydrogens (tertiary/aromatic N) is 1. The summed E-state index contributed by atoms with van der Waals surface area (Å²) in [6, 6.07) is 5.31. The van der Waals surface area contributed by atoms with E-state index in [1.165, 1.54) is 0 Å². The Bertz CT molecular complexity index is 677. The van der Waals surface area contributed by atoms with E-state index in [-0.39, 0.29) is 18.9 Å². The van der Waals surface area contributed by atoms with Crippen LogP contribution in [-0.4, -0.2) is 17.1 Å². The van der Waals surface area contributed by atoms with Crippen molar-refractivity contribution in [3.8, 4) is 11.1 Å². The van der Waals surface area contributed by atoms with Crippen LogP contribution in [0.1, 0.15) is 30.7 Å². The molecule has 0 bridgehead atoms. The van der Waals surface area contributed by atoms with Crippen molar-refractivity contribution in [3.05, 3.63) is 29.7 Å². The van der Waals surface area contributed by atoms with Gasteiger partial charge in [0.25, 0.3) is 0 Å². The number of nitrogens with one attached hydrogen (secondary N) is 1. The van der Waals surface area contributed by atoms with Gasteiger partial charge in [-0.25, -0.2) is 8.78 Å². The fourth-order valence-corrected chi connectivity index (χ4v) is 3.04. The van der Waals surface area contributed by atoms with Gasteiger partial charge in [0.15, 0.2) is 0 Å². The highest BCUT2D eigenvalue weighted by Gasteiger charge is 2.39. The Balaban J connectivity index is 1.81. The third-order valence-corrected chi connectivity index (χ3v) is 4.14. The fraction of sp³-hybridized carbons (Fsp3) is 0.438. The van der Waals surface area contributed by atoms with Crippen molar-refractivity contribution in [2.75, 3.05) is 11.1 Å². The summed E-state index contributed by atoms with van der Waals surface area (Å²) in [7, 11) is 0. The molecule has 0 unspecified atom stereocenters. The first-order valence-electron chi connectivity index (χ1n) is 7.33. The minimum absolute atomic E-state index is 0.0677. The zero-order valence-corrected chi connectivity index (χ0v) is 12.6. The van der Waals surface area contributed by atoms with Crippen LogP contribution in [0.15, 0.2) is 22.7 Å². The number of hydrogen-bond donors (Lipinski definition) is 2. The van der Waals surface area contributed by atoms with Gasteiger partial charge in [0.1, 0.15) is 5.76 Å². The highest BCUT2D eigenvalue weighted by Crippen LogP contribution is 2.38. The first kappa shape index (κ1) is 14.8. The smallest absolute Gasteiger partial charge is 0.250 e. The predicted molar refractivity (Wildman–Crippen MR) is 82.0 cm³/mol. The first-order chi connectivity index (χ1) is 10.4. The van der Waals surface area contributed by atoms with E-state index in [2.05, 4.69) is 10.5 Å². The zero-order chi connectivity index (χ0) is 15.9. The maximum Gasteiger partial charge on any atom is 0.250 e. The topological polar surface area (TPSA) is 64.1 Å². The second-order valence-electron chi connectivity index (χ2n) is 5.94. The van der Waals surface area contributed by atoms with E-state index >= 15 is 0 Å². The Kier molecular flexibility index (Phi) is 3.54. The Hall–Kier alpha value is -2.11. The molecule has 0 radical (unpaired) electrons. The highest BCUT2D eigenvalue weighted by atomic mass is 19.3. The second kappa shape index (κ2) is 5.26. The lowest BCUT2D eigenvalue weighted by Crippen LogP contribution is -2.19. The van der Waals surface area contributed by atoms with Crippen LogP contribution in [0.25, 0.3) is 11.1 Å². The Morgan fingerprint density at radius 1 is 1.36 bits per heavy atom. The minimum Gasteiger partial charge on any atom is -0.397 e. The van der Waals surface area contributed by atoms with Crippen LogP contribution < -0.4 is 11.1 Å². The lowest BCUT2D eigenvalue weighted by Gasteiger charge is -2.16. The summed E-state index contributed by atoms with van der Waals surface area (Å²) >= 11 is 0. The lowest BCUT2D eigenvalue weighted by molar-refractivity contribution is 0.00852. The average Bonchev–Trinajstić information content (AvgIpc) is 2.95. The molecule has 3 N–H and O–H groups in total. The van der Waals surface area contributed by atoms with Gasteiger partial charge < -0.3 is 15.6 Å². The maximum absolute atomic E-state index is 13.2. The molecule has 0 saturated heterocycles. The van der Waals surface area contributed by atoms with Gasteiger partial charge in [-0.1, -0.05) is 11.2 Å². The average molecular weight is 307 g/mol. The summed E-state index contributed by atoms with van der Waals surface area (Å²) < 4.78 is 31.7. The monoisotopic (exact) mass is 307 g/mol. The van der Waals surface area contributed by atoms with Gasteiger partial charge in [-0.2, -0.15) is 0 Å². The summed E-state index contributed by atoms with van der Waals surface area (Å²) in [6.07, 6.45) is 0.248. The fourth-order valence-electron chi connectivity index (χ4n) is 3.04. The van der Waals surface area contributed by atoms with Crippen LogP contribution in [0.3, 0.4) is 0 Å². The molecule has 0 aliphatic heterocycles. The van der Waals surface area contributed by atoms with E-state index in [4.69, 9.17) is 10.3 Å². The molecule has 0 spiro atoms. The minimum atomic E-state index is -2.57.